The number of morpholine rings is 1. The molecular formula is C18H19N3OS. The molecule has 1 aliphatic rings. The molecule has 2 atom stereocenters. The average Bonchev–Trinajstić information content (AvgIpc) is 2.99. The van der Waals surface area contributed by atoms with Crippen molar-refractivity contribution in [1.82, 2.24) is 9.97 Å². The highest BCUT2D eigenvalue weighted by Crippen LogP contribution is 2.38. The van der Waals surface area contributed by atoms with Gasteiger partial charge < -0.3 is 9.64 Å². The number of nitrogens with zero attached hydrogens (tertiary/aromatic N) is 3. The zero-order valence-electron chi connectivity index (χ0n) is 13.3. The highest BCUT2D eigenvalue weighted by atomic mass is 32.1. The van der Waals surface area contributed by atoms with Crippen LogP contribution in [0.25, 0.3) is 21.3 Å². The van der Waals surface area contributed by atoms with Crippen molar-refractivity contribution >= 4 is 27.4 Å². The molecule has 118 valence electrons. The molecule has 1 aromatic carbocycles. The Bertz CT molecular complexity index is 808. The maximum Gasteiger partial charge on any atom is 0.141 e. The smallest absolute Gasteiger partial charge is 0.141 e. The van der Waals surface area contributed by atoms with Gasteiger partial charge in [0, 0.05) is 24.0 Å². The highest BCUT2D eigenvalue weighted by molar-refractivity contribution is 7.17. The molecule has 0 saturated carbocycles. The summed E-state index contributed by atoms with van der Waals surface area (Å²) in [6.45, 7) is 5.96. The Morgan fingerprint density at radius 2 is 1.83 bits per heavy atom. The summed E-state index contributed by atoms with van der Waals surface area (Å²) < 4.78 is 5.86. The predicted molar refractivity (Wildman–Crippen MR) is 95.1 cm³/mol. The average molecular weight is 325 g/mol. The first-order chi connectivity index (χ1) is 11.2. The van der Waals surface area contributed by atoms with Gasteiger partial charge in [0.05, 0.1) is 17.6 Å². The monoisotopic (exact) mass is 325 g/mol. The van der Waals surface area contributed by atoms with E-state index in [-0.39, 0.29) is 12.2 Å². The van der Waals surface area contributed by atoms with E-state index < -0.39 is 0 Å². The third-order valence-corrected chi connectivity index (χ3v) is 5.04. The van der Waals surface area contributed by atoms with Crippen molar-refractivity contribution in [3.8, 4) is 11.1 Å². The minimum Gasteiger partial charge on any atom is -0.372 e. The minimum absolute atomic E-state index is 0.211. The van der Waals surface area contributed by atoms with Gasteiger partial charge in [-0.2, -0.15) is 0 Å². The van der Waals surface area contributed by atoms with Crippen molar-refractivity contribution in [3.63, 3.8) is 0 Å². The zero-order chi connectivity index (χ0) is 15.8. The van der Waals surface area contributed by atoms with Gasteiger partial charge in [-0.05, 0) is 19.4 Å². The Labute approximate surface area is 139 Å². The summed E-state index contributed by atoms with van der Waals surface area (Å²) in [5.74, 6) is 1.03. The largest absolute Gasteiger partial charge is 0.372 e. The predicted octanol–water partition coefficient (Wildman–Crippen LogP) is 3.97. The lowest BCUT2D eigenvalue weighted by Gasteiger charge is -2.36. The topological polar surface area (TPSA) is 38.2 Å². The van der Waals surface area contributed by atoms with Crippen LogP contribution in [0.3, 0.4) is 0 Å². The van der Waals surface area contributed by atoms with Crippen LogP contribution in [-0.4, -0.2) is 35.3 Å². The van der Waals surface area contributed by atoms with Gasteiger partial charge in [0.1, 0.15) is 17.0 Å². The number of hydrogen-bond acceptors (Lipinski definition) is 5. The van der Waals surface area contributed by atoms with Crippen LogP contribution >= 0.6 is 11.3 Å². The van der Waals surface area contributed by atoms with Crippen LogP contribution in [0, 0.1) is 0 Å². The number of anilines is 1. The van der Waals surface area contributed by atoms with Gasteiger partial charge in [0.2, 0.25) is 0 Å². The zero-order valence-corrected chi connectivity index (χ0v) is 14.1. The third kappa shape index (κ3) is 2.71. The number of fused-ring (bicyclic) bond motifs is 1. The molecule has 1 aliphatic heterocycles. The van der Waals surface area contributed by atoms with Crippen molar-refractivity contribution in [2.45, 2.75) is 26.1 Å². The second kappa shape index (κ2) is 5.91. The number of ether oxygens (including phenoxy) is 1. The van der Waals surface area contributed by atoms with E-state index in [0.717, 1.165) is 29.1 Å². The molecule has 4 rings (SSSR count). The van der Waals surface area contributed by atoms with Crippen LogP contribution in [0.5, 0.6) is 0 Å². The van der Waals surface area contributed by atoms with Crippen LogP contribution in [0.4, 0.5) is 5.82 Å². The van der Waals surface area contributed by atoms with E-state index in [1.165, 1.54) is 11.1 Å². The number of benzene rings is 1. The van der Waals surface area contributed by atoms with E-state index in [2.05, 4.69) is 58.4 Å². The number of thiophene rings is 1. The molecule has 0 aliphatic carbocycles. The molecule has 2 aromatic heterocycles. The molecule has 1 fully saturated rings. The van der Waals surface area contributed by atoms with Crippen LogP contribution in [0.2, 0.25) is 0 Å². The van der Waals surface area contributed by atoms with Gasteiger partial charge >= 0.3 is 0 Å². The fraction of sp³-hybridized carbons (Fsp3) is 0.333. The van der Waals surface area contributed by atoms with E-state index >= 15 is 0 Å². The Morgan fingerprint density at radius 1 is 1.09 bits per heavy atom. The van der Waals surface area contributed by atoms with Crippen molar-refractivity contribution in [1.29, 1.82) is 0 Å². The highest BCUT2D eigenvalue weighted by Gasteiger charge is 2.26. The molecule has 0 amide bonds. The standard InChI is InChI=1S/C18H19N3OS/c1-12-8-21(9-13(2)22-12)17-16-15(14-6-4-3-5-7-14)10-23-18(16)20-11-19-17/h3-7,10-13H,8-9H2,1-2H3/t12-,13+. The Kier molecular flexibility index (Phi) is 3.75. The molecular weight excluding hydrogens is 306 g/mol. The van der Waals surface area contributed by atoms with Gasteiger partial charge in [0.15, 0.2) is 0 Å². The Hall–Kier alpha value is -1.98. The van der Waals surface area contributed by atoms with Crippen LogP contribution in [-0.2, 0) is 4.74 Å². The van der Waals surface area contributed by atoms with Gasteiger partial charge in [-0.3, -0.25) is 0 Å². The third-order valence-electron chi connectivity index (χ3n) is 4.15. The molecule has 4 nitrogen and oxygen atoms in total. The van der Waals surface area contributed by atoms with E-state index in [0.29, 0.717) is 0 Å². The summed E-state index contributed by atoms with van der Waals surface area (Å²) in [4.78, 5) is 12.5. The lowest BCUT2D eigenvalue weighted by Crippen LogP contribution is -2.45. The molecule has 23 heavy (non-hydrogen) atoms. The second-order valence-electron chi connectivity index (χ2n) is 6.06. The van der Waals surface area contributed by atoms with Crippen molar-refractivity contribution < 1.29 is 4.74 Å². The van der Waals surface area contributed by atoms with Crippen LogP contribution in [0.1, 0.15) is 13.8 Å². The summed E-state index contributed by atoms with van der Waals surface area (Å²) in [5.41, 5.74) is 2.43. The van der Waals surface area contributed by atoms with Crippen LogP contribution < -0.4 is 4.90 Å². The van der Waals surface area contributed by atoms with E-state index in [4.69, 9.17) is 4.74 Å². The normalized spacial score (nSPS) is 21.7. The van der Waals surface area contributed by atoms with E-state index in [1.807, 2.05) is 6.07 Å². The minimum atomic E-state index is 0.211. The molecule has 3 heterocycles. The first-order valence-electron chi connectivity index (χ1n) is 7.90. The first kappa shape index (κ1) is 14.6. The SMILES string of the molecule is C[C@@H]1CN(c2ncnc3scc(-c4ccccc4)c23)C[C@H](C)O1. The summed E-state index contributed by atoms with van der Waals surface area (Å²) in [7, 11) is 0. The van der Waals surface area contributed by atoms with Gasteiger partial charge in [-0.1, -0.05) is 30.3 Å². The quantitative estimate of drug-likeness (QED) is 0.714. The molecule has 0 unspecified atom stereocenters. The van der Waals surface area contributed by atoms with Gasteiger partial charge in [-0.25, -0.2) is 9.97 Å². The Balaban J connectivity index is 1.85. The Morgan fingerprint density at radius 3 is 2.57 bits per heavy atom. The maximum absolute atomic E-state index is 5.86. The fourth-order valence-electron chi connectivity index (χ4n) is 3.28. The summed E-state index contributed by atoms with van der Waals surface area (Å²) >= 11 is 1.68. The molecule has 5 heteroatoms. The van der Waals surface area contributed by atoms with Gasteiger partial charge in [-0.15, -0.1) is 11.3 Å². The van der Waals surface area contributed by atoms with Gasteiger partial charge in [0.25, 0.3) is 0 Å². The molecule has 3 aromatic rings. The molecule has 0 radical (unpaired) electrons. The molecule has 0 spiro atoms. The first-order valence-corrected chi connectivity index (χ1v) is 8.78. The van der Waals surface area contributed by atoms with Crippen molar-refractivity contribution in [2.75, 3.05) is 18.0 Å². The lowest BCUT2D eigenvalue weighted by atomic mass is 10.1. The molecule has 0 N–H and O–H groups in total. The number of rotatable bonds is 2. The summed E-state index contributed by atoms with van der Waals surface area (Å²) in [6, 6.07) is 10.5. The number of aromatic nitrogens is 2. The molecule has 1 saturated heterocycles. The molecule has 0 bridgehead atoms. The van der Waals surface area contributed by atoms with Crippen molar-refractivity contribution in [2.24, 2.45) is 0 Å². The second-order valence-corrected chi connectivity index (χ2v) is 6.91. The summed E-state index contributed by atoms with van der Waals surface area (Å²) in [6.07, 6.45) is 2.10. The fourth-order valence-corrected chi connectivity index (χ4v) is 4.19. The lowest BCUT2D eigenvalue weighted by molar-refractivity contribution is -0.00537. The van der Waals surface area contributed by atoms with E-state index in [9.17, 15) is 0 Å². The van der Waals surface area contributed by atoms with Crippen molar-refractivity contribution in [3.05, 3.63) is 42.0 Å². The van der Waals surface area contributed by atoms with E-state index in [1.54, 1.807) is 17.7 Å². The summed E-state index contributed by atoms with van der Waals surface area (Å²) in [5, 5.41) is 3.34. The van der Waals surface area contributed by atoms with Crippen LogP contribution in [0.15, 0.2) is 42.0 Å². The number of hydrogen-bond donors (Lipinski definition) is 0. The maximum atomic E-state index is 5.86.